The van der Waals surface area contributed by atoms with E-state index in [2.05, 4.69) is 13.0 Å². The summed E-state index contributed by atoms with van der Waals surface area (Å²) in [5.41, 5.74) is 3.15. The molecule has 128 valence electrons. The van der Waals surface area contributed by atoms with Crippen LogP contribution in [0, 0.1) is 6.92 Å². The van der Waals surface area contributed by atoms with Gasteiger partial charge in [-0.25, -0.2) is 0 Å². The molecule has 2 rings (SSSR count). The standard InChI is InChI=1S/C18H20ClNO3S/c1-4-13-8-9-17(12(2)10-13)23-11-14-15(19)6-5-7-16(14)20(22)18(21)24-3/h5-10,22H,4,11H2,1-3H3. The molecule has 6 heteroatoms. The second-order valence-corrected chi connectivity index (χ2v) is 6.43. The molecule has 1 N–H and O–H groups in total. The quantitative estimate of drug-likeness (QED) is 0.564. The molecular formula is C18H20ClNO3S. The number of hydrogen-bond acceptors (Lipinski definition) is 4. The molecule has 1 amide bonds. The van der Waals surface area contributed by atoms with Gasteiger partial charge in [-0.1, -0.05) is 48.5 Å². The highest BCUT2D eigenvalue weighted by molar-refractivity contribution is 8.13. The van der Waals surface area contributed by atoms with Crippen molar-refractivity contribution in [1.29, 1.82) is 0 Å². The van der Waals surface area contributed by atoms with Crippen LogP contribution in [-0.4, -0.2) is 16.7 Å². The normalized spacial score (nSPS) is 10.5. The van der Waals surface area contributed by atoms with Crippen LogP contribution in [0.2, 0.25) is 5.02 Å². The van der Waals surface area contributed by atoms with E-state index >= 15 is 0 Å². The van der Waals surface area contributed by atoms with Crippen molar-refractivity contribution < 1.29 is 14.7 Å². The maximum Gasteiger partial charge on any atom is 0.309 e. The van der Waals surface area contributed by atoms with Gasteiger partial charge in [-0.05, 0) is 48.9 Å². The second kappa shape index (κ2) is 8.42. The zero-order chi connectivity index (χ0) is 17.7. The zero-order valence-electron chi connectivity index (χ0n) is 13.9. The van der Waals surface area contributed by atoms with Crippen LogP contribution in [0.5, 0.6) is 5.75 Å². The molecule has 0 bridgehead atoms. The predicted octanol–water partition coefficient (Wildman–Crippen LogP) is 5.47. The Morgan fingerprint density at radius 2 is 2.08 bits per heavy atom. The van der Waals surface area contributed by atoms with Gasteiger partial charge in [0, 0.05) is 10.6 Å². The maximum absolute atomic E-state index is 11.7. The minimum absolute atomic E-state index is 0.153. The molecule has 0 aromatic heterocycles. The molecule has 4 nitrogen and oxygen atoms in total. The molecule has 0 spiro atoms. The Hall–Kier alpha value is -1.69. The Bertz CT molecular complexity index is 736. The van der Waals surface area contributed by atoms with Crippen molar-refractivity contribution in [3.05, 3.63) is 58.1 Å². The highest BCUT2D eigenvalue weighted by Crippen LogP contribution is 2.30. The lowest BCUT2D eigenvalue weighted by atomic mass is 10.1. The van der Waals surface area contributed by atoms with Crippen LogP contribution in [0.3, 0.4) is 0 Å². The van der Waals surface area contributed by atoms with Gasteiger partial charge in [0.25, 0.3) is 0 Å². The van der Waals surface area contributed by atoms with Gasteiger partial charge in [0.05, 0.1) is 5.69 Å². The van der Waals surface area contributed by atoms with Gasteiger partial charge < -0.3 is 4.74 Å². The molecule has 0 heterocycles. The highest BCUT2D eigenvalue weighted by atomic mass is 35.5. The second-order valence-electron chi connectivity index (χ2n) is 5.26. The third-order valence-electron chi connectivity index (χ3n) is 3.69. The summed E-state index contributed by atoms with van der Waals surface area (Å²) in [5.74, 6) is 0.749. The van der Waals surface area contributed by atoms with E-state index in [1.807, 2.05) is 19.1 Å². The number of hydrogen-bond donors (Lipinski definition) is 1. The minimum Gasteiger partial charge on any atom is -0.488 e. The first-order chi connectivity index (χ1) is 11.5. The monoisotopic (exact) mass is 365 g/mol. The fourth-order valence-corrected chi connectivity index (χ4v) is 2.81. The summed E-state index contributed by atoms with van der Waals surface area (Å²) in [5, 5.41) is 10.6. The number of hydroxylamine groups is 1. The van der Waals surface area contributed by atoms with Crippen LogP contribution in [0.25, 0.3) is 0 Å². The highest BCUT2D eigenvalue weighted by Gasteiger charge is 2.18. The van der Waals surface area contributed by atoms with Crippen LogP contribution < -0.4 is 9.80 Å². The Morgan fingerprint density at radius 1 is 1.33 bits per heavy atom. The topological polar surface area (TPSA) is 49.8 Å². The molecule has 2 aromatic rings. The van der Waals surface area contributed by atoms with Gasteiger partial charge >= 0.3 is 5.24 Å². The molecule has 24 heavy (non-hydrogen) atoms. The number of carbonyl (C=O) groups is 1. The summed E-state index contributed by atoms with van der Waals surface area (Å²) in [6.07, 6.45) is 2.57. The summed E-state index contributed by atoms with van der Waals surface area (Å²) in [6.45, 7) is 4.24. The molecule has 0 aliphatic heterocycles. The first-order valence-corrected chi connectivity index (χ1v) is 9.14. The molecule has 0 aliphatic rings. The number of aryl methyl sites for hydroxylation is 2. The van der Waals surface area contributed by atoms with Crippen LogP contribution in [0.1, 0.15) is 23.6 Å². The Labute approximate surface area is 151 Å². The first-order valence-electron chi connectivity index (χ1n) is 7.54. The number of amides is 1. The van der Waals surface area contributed by atoms with Crippen molar-refractivity contribution in [2.24, 2.45) is 0 Å². The van der Waals surface area contributed by atoms with Crippen LogP contribution >= 0.6 is 23.4 Å². The van der Waals surface area contributed by atoms with E-state index in [0.717, 1.165) is 29.5 Å². The third kappa shape index (κ3) is 4.23. The van der Waals surface area contributed by atoms with Crippen molar-refractivity contribution in [3.63, 3.8) is 0 Å². The van der Waals surface area contributed by atoms with E-state index in [1.54, 1.807) is 24.5 Å². The zero-order valence-corrected chi connectivity index (χ0v) is 15.4. The van der Waals surface area contributed by atoms with Gasteiger partial charge in [0.1, 0.15) is 12.4 Å². The van der Waals surface area contributed by atoms with Gasteiger partial charge in [-0.15, -0.1) is 0 Å². The number of thioether (sulfide) groups is 1. The number of halogens is 1. The summed E-state index contributed by atoms with van der Waals surface area (Å²) < 4.78 is 5.87. The maximum atomic E-state index is 11.7. The average molecular weight is 366 g/mol. The molecule has 0 aliphatic carbocycles. The smallest absolute Gasteiger partial charge is 0.309 e. The fraction of sp³-hybridized carbons (Fsp3) is 0.278. The van der Waals surface area contributed by atoms with Crippen LogP contribution in [-0.2, 0) is 13.0 Å². The van der Waals surface area contributed by atoms with Gasteiger partial charge in [0.2, 0.25) is 0 Å². The summed E-state index contributed by atoms with van der Waals surface area (Å²) in [6, 6.07) is 11.0. The van der Waals surface area contributed by atoms with E-state index in [9.17, 15) is 10.0 Å². The van der Waals surface area contributed by atoms with Crippen LogP contribution in [0.15, 0.2) is 36.4 Å². The lowest BCUT2D eigenvalue weighted by molar-refractivity contribution is 0.223. The Morgan fingerprint density at radius 3 is 2.71 bits per heavy atom. The number of anilines is 1. The largest absolute Gasteiger partial charge is 0.488 e. The number of rotatable bonds is 5. The van der Waals surface area contributed by atoms with E-state index in [1.165, 1.54) is 5.56 Å². The van der Waals surface area contributed by atoms with Gasteiger partial charge in [0.15, 0.2) is 0 Å². The SMILES string of the molecule is CCc1ccc(OCc2c(Cl)cccc2N(O)C(=O)SC)c(C)c1. The number of ether oxygens (including phenoxy) is 1. The lowest BCUT2D eigenvalue weighted by Crippen LogP contribution is -2.24. The van der Waals surface area contributed by atoms with E-state index in [4.69, 9.17) is 16.3 Å². The third-order valence-corrected chi connectivity index (χ3v) is 4.57. The molecule has 0 saturated heterocycles. The van der Waals surface area contributed by atoms with Crippen molar-refractivity contribution >= 4 is 34.3 Å². The molecule has 2 aromatic carbocycles. The molecule has 0 saturated carbocycles. The molecule has 0 fully saturated rings. The number of carbonyl (C=O) groups excluding carboxylic acids is 1. The van der Waals surface area contributed by atoms with Crippen molar-refractivity contribution in [1.82, 2.24) is 0 Å². The van der Waals surface area contributed by atoms with Crippen molar-refractivity contribution in [2.45, 2.75) is 26.9 Å². The van der Waals surface area contributed by atoms with E-state index in [0.29, 0.717) is 21.3 Å². The lowest BCUT2D eigenvalue weighted by Gasteiger charge is -2.19. The average Bonchev–Trinajstić information content (AvgIpc) is 2.59. The summed E-state index contributed by atoms with van der Waals surface area (Å²) in [7, 11) is 0. The number of nitrogens with zero attached hydrogens (tertiary/aromatic N) is 1. The van der Waals surface area contributed by atoms with E-state index < -0.39 is 5.24 Å². The Balaban J connectivity index is 2.25. The summed E-state index contributed by atoms with van der Waals surface area (Å²) in [4.78, 5) is 11.7. The number of benzene rings is 2. The van der Waals surface area contributed by atoms with Crippen LogP contribution in [0.4, 0.5) is 10.5 Å². The Kier molecular flexibility index (Phi) is 6.54. The van der Waals surface area contributed by atoms with Crippen molar-refractivity contribution in [3.8, 4) is 5.75 Å². The first kappa shape index (κ1) is 18.6. The molecule has 0 atom stereocenters. The van der Waals surface area contributed by atoms with Gasteiger partial charge in [-0.2, -0.15) is 5.06 Å². The molecular weight excluding hydrogens is 346 g/mol. The van der Waals surface area contributed by atoms with E-state index in [-0.39, 0.29) is 6.61 Å². The molecule has 0 radical (unpaired) electrons. The van der Waals surface area contributed by atoms with Gasteiger partial charge in [-0.3, -0.25) is 10.0 Å². The summed E-state index contributed by atoms with van der Waals surface area (Å²) >= 11 is 7.16. The minimum atomic E-state index is -0.484. The van der Waals surface area contributed by atoms with Crippen molar-refractivity contribution in [2.75, 3.05) is 11.3 Å². The molecule has 0 unspecified atom stereocenters. The predicted molar refractivity (Wildman–Crippen MR) is 99.5 cm³/mol. The fourth-order valence-electron chi connectivity index (χ4n) is 2.32.